The van der Waals surface area contributed by atoms with Gasteiger partial charge in [-0.3, -0.25) is 14.4 Å². The number of hydrogen-bond acceptors (Lipinski definition) is 6. The number of ketones is 1. The van der Waals surface area contributed by atoms with Crippen LogP contribution in [-0.4, -0.2) is 59.4 Å². The number of aliphatic carboxylic acids is 1. The van der Waals surface area contributed by atoms with Crippen molar-refractivity contribution in [2.24, 2.45) is 5.92 Å². The highest BCUT2D eigenvalue weighted by Gasteiger charge is 2.32. The Bertz CT molecular complexity index is 1250. The van der Waals surface area contributed by atoms with Crippen molar-refractivity contribution in [2.45, 2.75) is 32.4 Å². The van der Waals surface area contributed by atoms with Gasteiger partial charge in [0.2, 0.25) is 0 Å². The molecule has 34 heavy (non-hydrogen) atoms. The molecule has 2 N–H and O–H groups in total. The zero-order valence-corrected chi connectivity index (χ0v) is 18.9. The Labute approximate surface area is 194 Å². The molecule has 3 aromatic rings. The van der Waals surface area contributed by atoms with E-state index in [4.69, 9.17) is 14.6 Å². The summed E-state index contributed by atoms with van der Waals surface area (Å²) in [5, 5.41) is 12.7. The van der Waals surface area contributed by atoms with Crippen LogP contribution in [0, 0.1) is 5.92 Å². The number of carbonyl (C=O) groups excluding carboxylic acids is 3. The SMILES string of the molecule is COc1ccc2c(c1)c1ccccc1n2C(=O)OC(C(=O)NC(CC(=O)O)C(=O)CF)C(C)C. The van der Waals surface area contributed by atoms with E-state index in [2.05, 4.69) is 5.32 Å². The number of nitrogens with one attached hydrogen (secondary N) is 1. The Morgan fingerprint density at radius 1 is 1.06 bits per heavy atom. The summed E-state index contributed by atoms with van der Waals surface area (Å²) >= 11 is 0. The van der Waals surface area contributed by atoms with Gasteiger partial charge in [-0.2, -0.15) is 0 Å². The lowest BCUT2D eigenvalue weighted by molar-refractivity contribution is -0.141. The van der Waals surface area contributed by atoms with Gasteiger partial charge in [-0.1, -0.05) is 32.0 Å². The summed E-state index contributed by atoms with van der Waals surface area (Å²) in [5.74, 6) is -3.28. The summed E-state index contributed by atoms with van der Waals surface area (Å²) < 4.78 is 25.0. The quantitative estimate of drug-likeness (QED) is 0.490. The minimum absolute atomic E-state index is 0.525. The molecular weight excluding hydrogens is 447 g/mol. The van der Waals surface area contributed by atoms with Crippen molar-refractivity contribution in [1.29, 1.82) is 0 Å². The topological polar surface area (TPSA) is 124 Å². The highest BCUT2D eigenvalue weighted by Crippen LogP contribution is 2.32. The maximum Gasteiger partial charge on any atom is 0.419 e. The van der Waals surface area contributed by atoms with Crippen LogP contribution in [0.1, 0.15) is 20.3 Å². The number of aromatic nitrogens is 1. The Balaban J connectivity index is 1.95. The van der Waals surface area contributed by atoms with Crippen LogP contribution in [0.3, 0.4) is 0 Å². The van der Waals surface area contributed by atoms with E-state index >= 15 is 0 Å². The summed E-state index contributed by atoms with van der Waals surface area (Å²) in [7, 11) is 1.53. The molecule has 2 atom stereocenters. The molecule has 0 bridgehead atoms. The number of methoxy groups -OCH3 is 1. The Hall–Kier alpha value is -3.95. The van der Waals surface area contributed by atoms with E-state index in [9.17, 15) is 23.6 Å². The zero-order chi connectivity index (χ0) is 25.0. The molecule has 0 aliphatic carbocycles. The molecule has 1 aromatic heterocycles. The van der Waals surface area contributed by atoms with Gasteiger partial charge in [0.25, 0.3) is 5.91 Å². The second-order valence-electron chi connectivity index (χ2n) is 8.04. The maximum atomic E-state index is 13.3. The normalized spacial score (nSPS) is 13.0. The van der Waals surface area contributed by atoms with Gasteiger partial charge in [0.05, 0.1) is 24.6 Å². The van der Waals surface area contributed by atoms with Crippen LogP contribution in [0.4, 0.5) is 9.18 Å². The largest absolute Gasteiger partial charge is 0.497 e. The first-order chi connectivity index (χ1) is 16.2. The summed E-state index contributed by atoms with van der Waals surface area (Å²) in [4.78, 5) is 48.9. The van der Waals surface area contributed by atoms with Crippen LogP contribution < -0.4 is 10.1 Å². The molecule has 3 rings (SSSR count). The second-order valence-corrected chi connectivity index (χ2v) is 8.04. The minimum Gasteiger partial charge on any atom is -0.497 e. The highest BCUT2D eigenvalue weighted by molar-refractivity contribution is 6.13. The number of hydrogen-bond donors (Lipinski definition) is 2. The van der Waals surface area contributed by atoms with Gasteiger partial charge in [-0.15, -0.1) is 0 Å². The molecule has 0 fully saturated rings. The first-order valence-electron chi connectivity index (χ1n) is 10.6. The Morgan fingerprint density at radius 2 is 1.74 bits per heavy atom. The smallest absolute Gasteiger partial charge is 0.419 e. The van der Waals surface area contributed by atoms with Gasteiger partial charge < -0.3 is 19.9 Å². The Morgan fingerprint density at radius 3 is 2.35 bits per heavy atom. The average molecular weight is 472 g/mol. The number of carbonyl (C=O) groups is 4. The molecule has 0 saturated heterocycles. The van der Waals surface area contributed by atoms with Crippen molar-refractivity contribution in [1.82, 2.24) is 9.88 Å². The molecule has 2 aromatic carbocycles. The third kappa shape index (κ3) is 5.00. The van der Waals surface area contributed by atoms with Crippen LogP contribution in [-0.2, 0) is 19.1 Å². The highest BCUT2D eigenvalue weighted by atomic mass is 19.1. The fourth-order valence-corrected chi connectivity index (χ4v) is 3.70. The third-order valence-electron chi connectivity index (χ3n) is 5.37. The molecule has 1 amide bonds. The van der Waals surface area contributed by atoms with Crippen molar-refractivity contribution in [3.05, 3.63) is 42.5 Å². The van der Waals surface area contributed by atoms with E-state index in [1.165, 1.54) is 11.7 Å². The molecule has 0 aliphatic heterocycles. The summed E-state index contributed by atoms with van der Waals surface area (Å²) in [6.07, 6.45) is -2.98. The molecular formula is C24H25FN2O7. The average Bonchev–Trinajstić information content (AvgIpc) is 3.14. The number of alkyl halides is 1. The van der Waals surface area contributed by atoms with E-state index in [1.807, 2.05) is 12.1 Å². The predicted molar refractivity (Wildman–Crippen MR) is 122 cm³/mol. The number of Topliss-reactive ketones (excluding diaryl/α,β-unsaturated/α-hetero) is 1. The van der Waals surface area contributed by atoms with Crippen molar-refractivity contribution >= 4 is 45.6 Å². The molecule has 0 spiro atoms. The van der Waals surface area contributed by atoms with Crippen LogP contribution in [0.2, 0.25) is 0 Å². The number of benzene rings is 2. The molecule has 10 heteroatoms. The molecule has 0 aliphatic rings. The van der Waals surface area contributed by atoms with E-state index < -0.39 is 54.9 Å². The van der Waals surface area contributed by atoms with Crippen molar-refractivity contribution < 1.29 is 38.1 Å². The fourth-order valence-electron chi connectivity index (χ4n) is 3.70. The van der Waals surface area contributed by atoms with E-state index in [0.717, 1.165) is 10.8 Å². The van der Waals surface area contributed by atoms with Crippen LogP contribution >= 0.6 is 0 Å². The number of nitrogens with zero attached hydrogens (tertiary/aromatic N) is 1. The number of amides is 1. The van der Waals surface area contributed by atoms with Gasteiger partial charge in [0.15, 0.2) is 11.9 Å². The first-order valence-corrected chi connectivity index (χ1v) is 10.6. The monoisotopic (exact) mass is 472 g/mol. The first kappa shape index (κ1) is 24.7. The van der Waals surface area contributed by atoms with E-state index in [1.54, 1.807) is 44.2 Å². The number of fused-ring (bicyclic) bond motifs is 3. The predicted octanol–water partition coefficient (Wildman–Crippen LogP) is 3.31. The lowest BCUT2D eigenvalue weighted by Crippen LogP contribution is -2.49. The summed E-state index contributed by atoms with van der Waals surface area (Å²) in [6.45, 7) is 1.81. The van der Waals surface area contributed by atoms with Gasteiger partial charge in [-0.25, -0.2) is 13.8 Å². The third-order valence-corrected chi connectivity index (χ3v) is 5.37. The number of para-hydroxylation sites is 1. The molecule has 180 valence electrons. The zero-order valence-electron chi connectivity index (χ0n) is 18.9. The van der Waals surface area contributed by atoms with Gasteiger partial charge in [0.1, 0.15) is 18.5 Å². The molecule has 0 radical (unpaired) electrons. The van der Waals surface area contributed by atoms with Crippen LogP contribution in [0.15, 0.2) is 42.5 Å². The number of ether oxygens (including phenoxy) is 2. The summed E-state index contributed by atoms with van der Waals surface area (Å²) in [5.41, 5.74) is 1.08. The number of rotatable bonds is 9. The Kier molecular flexibility index (Phi) is 7.50. The van der Waals surface area contributed by atoms with E-state index in [-0.39, 0.29) is 0 Å². The van der Waals surface area contributed by atoms with Crippen LogP contribution in [0.5, 0.6) is 5.75 Å². The molecule has 0 saturated carbocycles. The van der Waals surface area contributed by atoms with Crippen molar-refractivity contribution in [2.75, 3.05) is 13.8 Å². The molecule has 1 heterocycles. The van der Waals surface area contributed by atoms with E-state index in [0.29, 0.717) is 16.8 Å². The standard InChI is InChI=1S/C24H25FN2O7/c1-13(2)22(23(31)26-17(11-21(29)30)20(28)12-25)34-24(32)27-18-7-5-4-6-15(18)16-10-14(33-3)8-9-19(16)27/h4-10,13,17,22H,11-12H2,1-3H3,(H,26,31)(H,29,30). The van der Waals surface area contributed by atoms with Crippen molar-refractivity contribution in [3.8, 4) is 5.75 Å². The number of carboxylic acids is 1. The lowest BCUT2D eigenvalue weighted by Gasteiger charge is -2.23. The maximum absolute atomic E-state index is 13.3. The number of carboxylic acid groups (broad SMARTS) is 1. The van der Waals surface area contributed by atoms with Gasteiger partial charge in [-0.05, 0) is 30.2 Å². The minimum atomic E-state index is -1.57. The van der Waals surface area contributed by atoms with Gasteiger partial charge in [0, 0.05) is 10.8 Å². The molecule has 9 nitrogen and oxygen atoms in total. The van der Waals surface area contributed by atoms with Gasteiger partial charge >= 0.3 is 12.1 Å². The van der Waals surface area contributed by atoms with Crippen molar-refractivity contribution in [3.63, 3.8) is 0 Å². The second kappa shape index (κ2) is 10.3. The molecule has 2 unspecified atom stereocenters. The lowest BCUT2D eigenvalue weighted by atomic mass is 10.0. The summed E-state index contributed by atoms with van der Waals surface area (Å²) in [6, 6.07) is 10.8. The number of halogens is 1. The fraction of sp³-hybridized carbons (Fsp3) is 0.333. The van der Waals surface area contributed by atoms with Crippen LogP contribution in [0.25, 0.3) is 21.8 Å².